The van der Waals surface area contributed by atoms with Crippen LogP contribution >= 0.6 is 0 Å². The third-order valence-electron chi connectivity index (χ3n) is 5.51. The lowest BCUT2D eigenvalue weighted by Gasteiger charge is -2.35. The number of ether oxygens (including phenoxy) is 2. The third-order valence-corrected chi connectivity index (χ3v) is 6.48. The number of nitrogens with zero attached hydrogens (tertiary/aromatic N) is 1. The lowest BCUT2D eigenvalue weighted by Crippen LogP contribution is -2.32. The SMILES string of the molecule is COc1cc(OS(=O)(=O)C(F)(F)F)c2c(c1)N(C)c1ccccc1C2C(=O)Oc1c(F)ccc(F)c1F. The van der Waals surface area contributed by atoms with Crippen LogP contribution in [0.25, 0.3) is 0 Å². The van der Waals surface area contributed by atoms with E-state index in [0.717, 1.165) is 13.2 Å². The van der Waals surface area contributed by atoms with Gasteiger partial charge in [-0.2, -0.15) is 26.0 Å². The fourth-order valence-corrected chi connectivity index (χ4v) is 4.30. The Morgan fingerprint density at radius 2 is 1.62 bits per heavy atom. The van der Waals surface area contributed by atoms with Crippen molar-refractivity contribution in [2.75, 3.05) is 19.1 Å². The van der Waals surface area contributed by atoms with Gasteiger partial charge in [0.15, 0.2) is 17.4 Å². The van der Waals surface area contributed by atoms with Crippen molar-refractivity contribution in [3.05, 3.63) is 77.1 Å². The maximum atomic E-state index is 14.2. The van der Waals surface area contributed by atoms with E-state index < -0.39 is 62.0 Å². The summed E-state index contributed by atoms with van der Waals surface area (Å²) in [5.74, 6) is -10.5. The van der Waals surface area contributed by atoms with E-state index in [1.807, 2.05) is 0 Å². The summed E-state index contributed by atoms with van der Waals surface area (Å²) in [7, 11) is -3.61. The monoisotopic (exact) mass is 547 g/mol. The van der Waals surface area contributed by atoms with Crippen molar-refractivity contribution in [1.29, 1.82) is 0 Å². The lowest BCUT2D eigenvalue weighted by molar-refractivity contribution is -0.135. The highest BCUT2D eigenvalue weighted by Crippen LogP contribution is 2.51. The van der Waals surface area contributed by atoms with E-state index in [1.165, 1.54) is 36.2 Å². The molecule has 1 aliphatic heterocycles. The smallest absolute Gasteiger partial charge is 0.497 e. The maximum absolute atomic E-state index is 14.2. The number of hydrogen-bond donors (Lipinski definition) is 0. The second kappa shape index (κ2) is 9.18. The first-order chi connectivity index (χ1) is 17.3. The van der Waals surface area contributed by atoms with Gasteiger partial charge in [-0.3, -0.25) is 4.79 Å². The Bertz CT molecular complexity index is 1510. The topological polar surface area (TPSA) is 82.1 Å². The summed E-state index contributed by atoms with van der Waals surface area (Å²) in [5.41, 5.74) is -5.91. The van der Waals surface area contributed by atoms with Gasteiger partial charge >= 0.3 is 21.6 Å². The van der Waals surface area contributed by atoms with Crippen LogP contribution in [-0.2, 0) is 14.9 Å². The van der Waals surface area contributed by atoms with Crippen molar-refractivity contribution in [1.82, 2.24) is 0 Å². The average Bonchev–Trinajstić information content (AvgIpc) is 2.83. The van der Waals surface area contributed by atoms with Crippen molar-refractivity contribution >= 4 is 27.5 Å². The van der Waals surface area contributed by atoms with Gasteiger partial charge in [0.25, 0.3) is 0 Å². The number of halogens is 6. The van der Waals surface area contributed by atoms with E-state index >= 15 is 0 Å². The first kappa shape index (κ1) is 26.1. The molecule has 1 atom stereocenters. The minimum atomic E-state index is -6.23. The molecule has 0 saturated heterocycles. The molecular weight excluding hydrogens is 532 g/mol. The highest BCUT2D eigenvalue weighted by molar-refractivity contribution is 7.88. The molecule has 1 aliphatic rings. The molecule has 0 N–H and O–H groups in total. The van der Waals surface area contributed by atoms with Crippen LogP contribution in [0.1, 0.15) is 17.0 Å². The third kappa shape index (κ3) is 4.52. The molecule has 14 heteroatoms. The first-order valence-electron chi connectivity index (χ1n) is 10.2. The first-order valence-corrected chi connectivity index (χ1v) is 11.6. The van der Waals surface area contributed by atoms with E-state index in [0.29, 0.717) is 17.8 Å². The van der Waals surface area contributed by atoms with Crippen molar-refractivity contribution < 1.29 is 53.2 Å². The molecule has 4 rings (SSSR count). The second-order valence-corrected chi connectivity index (χ2v) is 9.22. The Balaban J connectivity index is 1.95. The summed E-state index contributed by atoms with van der Waals surface area (Å²) >= 11 is 0. The number of fused-ring (bicyclic) bond motifs is 2. The molecule has 1 unspecified atom stereocenters. The maximum Gasteiger partial charge on any atom is 0.534 e. The van der Waals surface area contributed by atoms with Gasteiger partial charge in [-0.1, -0.05) is 18.2 Å². The molecule has 1 heterocycles. The van der Waals surface area contributed by atoms with Crippen molar-refractivity contribution in [2.45, 2.75) is 11.4 Å². The number of esters is 1. The Morgan fingerprint density at radius 1 is 0.973 bits per heavy atom. The highest BCUT2D eigenvalue weighted by atomic mass is 32.2. The number of hydrogen-bond acceptors (Lipinski definition) is 7. The standard InChI is InChI=1S/C23H15F6NO6S/c1-30-15-6-4-3-5-12(15)18(22(31)35-21-14(25)8-7-13(24)20(21)26)19-16(30)9-11(34-2)10-17(19)36-37(32,33)23(27,28)29/h3-10,18H,1-2H3. The molecule has 0 aromatic heterocycles. The van der Waals surface area contributed by atoms with E-state index in [1.54, 1.807) is 6.07 Å². The largest absolute Gasteiger partial charge is 0.534 e. The average molecular weight is 547 g/mol. The van der Waals surface area contributed by atoms with Gasteiger partial charge in [0, 0.05) is 30.4 Å². The van der Waals surface area contributed by atoms with Gasteiger partial charge in [0.05, 0.1) is 12.8 Å². The zero-order valence-electron chi connectivity index (χ0n) is 18.8. The summed E-state index contributed by atoms with van der Waals surface area (Å²) < 4.78 is 120. The molecule has 37 heavy (non-hydrogen) atoms. The highest BCUT2D eigenvalue weighted by Gasteiger charge is 2.50. The quantitative estimate of drug-likeness (QED) is 0.109. The lowest BCUT2D eigenvalue weighted by atomic mass is 9.84. The Hall–Kier alpha value is -3.94. The van der Waals surface area contributed by atoms with Gasteiger partial charge in [-0.25, -0.2) is 8.78 Å². The number of benzene rings is 3. The molecular formula is C23H15F6NO6S. The molecule has 0 amide bonds. The fraction of sp³-hybridized carbons (Fsp3) is 0.174. The van der Waals surface area contributed by atoms with Crippen molar-refractivity contribution in [3.8, 4) is 17.2 Å². The number of rotatable bonds is 5. The number of carbonyl (C=O) groups excluding carboxylic acids is 1. The molecule has 0 spiro atoms. The van der Waals surface area contributed by atoms with E-state index in [-0.39, 0.29) is 17.0 Å². The number of carbonyl (C=O) groups is 1. The Labute approximate surface area is 205 Å². The van der Waals surface area contributed by atoms with Gasteiger partial charge < -0.3 is 18.6 Å². The molecule has 3 aromatic carbocycles. The molecule has 3 aromatic rings. The summed E-state index contributed by atoms with van der Waals surface area (Å²) in [6.07, 6.45) is 0. The predicted molar refractivity (Wildman–Crippen MR) is 117 cm³/mol. The zero-order chi connectivity index (χ0) is 27.3. The van der Waals surface area contributed by atoms with Crippen LogP contribution in [0.15, 0.2) is 48.5 Å². The van der Waals surface area contributed by atoms with E-state index in [4.69, 9.17) is 9.47 Å². The van der Waals surface area contributed by atoms with Gasteiger partial charge in [-0.05, 0) is 23.8 Å². The minimum Gasteiger partial charge on any atom is -0.497 e. The number of methoxy groups -OCH3 is 1. The van der Waals surface area contributed by atoms with Crippen LogP contribution in [0.3, 0.4) is 0 Å². The van der Waals surface area contributed by atoms with E-state index in [2.05, 4.69) is 4.18 Å². The van der Waals surface area contributed by atoms with Crippen LogP contribution in [0, 0.1) is 17.5 Å². The second-order valence-electron chi connectivity index (χ2n) is 7.69. The van der Waals surface area contributed by atoms with Crippen LogP contribution in [-0.4, -0.2) is 34.1 Å². The summed E-state index contributed by atoms with van der Waals surface area (Å²) in [5, 5.41) is 0. The van der Waals surface area contributed by atoms with Gasteiger partial charge in [0.1, 0.15) is 11.7 Å². The number of alkyl halides is 3. The molecule has 196 valence electrons. The van der Waals surface area contributed by atoms with Crippen molar-refractivity contribution in [3.63, 3.8) is 0 Å². The molecule has 0 bridgehead atoms. The summed E-state index contributed by atoms with van der Waals surface area (Å²) in [6.45, 7) is 0. The molecule has 0 aliphatic carbocycles. The van der Waals surface area contributed by atoms with E-state index in [9.17, 15) is 39.6 Å². The summed E-state index contributed by atoms with van der Waals surface area (Å²) in [6, 6.07) is 8.96. The van der Waals surface area contributed by atoms with Gasteiger partial charge in [-0.15, -0.1) is 0 Å². The molecule has 0 saturated carbocycles. The normalized spacial score (nSPS) is 15.0. The summed E-state index contributed by atoms with van der Waals surface area (Å²) in [4.78, 5) is 14.7. The Kier molecular flexibility index (Phi) is 6.48. The zero-order valence-corrected chi connectivity index (χ0v) is 19.6. The van der Waals surface area contributed by atoms with Crippen LogP contribution in [0.4, 0.5) is 37.7 Å². The van der Waals surface area contributed by atoms with Crippen LogP contribution in [0.2, 0.25) is 0 Å². The molecule has 0 fully saturated rings. The Morgan fingerprint density at radius 3 is 2.27 bits per heavy atom. The van der Waals surface area contributed by atoms with Crippen LogP contribution < -0.4 is 18.6 Å². The van der Waals surface area contributed by atoms with Crippen molar-refractivity contribution in [2.24, 2.45) is 0 Å². The molecule has 7 nitrogen and oxygen atoms in total. The van der Waals surface area contributed by atoms with Crippen LogP contribution in [0.5, 0.6) is 17.2 Å². The van der Waals surface area contributed by atoms with Gasteiger partial charge in [0.2, 0.25) is 11.6 Å². The number of anilines is 2. The predicted octanol–water partition coefficient (Wildman–Crippen LogP) is 5.16. The molecule has 0 radical (unpaired) electrons. The fourth-order valence-electron chi connectivity index (χ4n) is 3.84. The minimum absolute atomic E-state index is 0.0347. The number of para-hydroxylation sites is 1.